The Hall–Kier alpha value is -3.31. The molecule has 30 heavy (non-hydrogen) atoms. The monoisotopic (exact) mass is 425 g/mol. The van der Waals surface area contributed by atoms with Gasteiger partial charge >= 0.3 is 6.03 Å². The van der Waals surface area contributed by atoms with E-state index in [0.717, 1.165) is 5.69 Å². The molecule has 0 spiro atoms. The zero-order valence-corrected chi connectivity index (χ0v) is 17.7. The average molecular weight is 426 g/mol. The minimum Gasteiger partial charge on any atom is -0.335 e. The summed E-state index contributed by atoms with van der Waals surface area (Å²) in [4.78, 5) is 24.7. The number of nitrogens with one attached hydrogen (secondary N) is 2. The lowest BCUT2D eigenvalue weighted by atomic mass is 10.00. The third-order valence-electron chi connectivity index (χ3n) is 4.92. The van der Waals surface area contributed by atoms with Gasteiger partial charge in [-0.3, -0.25) is 4.98 Å². The number of benzene rings is 1. The van der Waals surface area contributed by atoms with Crippen molar-refractivity contribution in [1.82, 2.24) is 14.8 Å². The van der Waals surface area contributed by atoms with E-state index in [0.29, 0.717) is 36.3 Å². The third kappa shape index (κ3) is 5.39. The fourth-order valence-electron chi connectivity index (χ4n) is 3.34. The zero-order chi connectivity index (χ0) is 21.5. The summed E-state index contributed by atoms with van der Waals surface area (Å²) >= 11 is 5.91. The number of hydrogen-bond acceptors (Lipinski definition) is 4. The van der Waals surface area contributed by atoms with E-state index in [1.165, 1.54) is 0 Å². The smallest absolute Gasteiger partial charge is 0.321 e. The Kier molecular flexibility index (Phi) is 7.09. The minimum atomic E-state index is -0.165. The molecule has 2 N–H and O–H groups in total. The second kappa shape index (κ2) is 9.94. The molecule has 1 atom stereocenters. The number of amides is 2. The van der Waals surface area contributed by atoms with Gasteiger partial charge in [-0.15, -0.1) is 4.99 Å². The number of guanidine groups is 1. The van der Waals surface area contributed by atoms with Crippen LogP contribution in [0.3, 0.4) is 0 Å². The summed E-state index contributed by atoms with van der Waals surface area (Å²) in [6, 6.07) is 10.5. The molecule has 0 saturated carbocycles. The number of rotatable bonds is 3. The van der Waals surface area contributed by atoms with Crippen LogP contribution in [0.4, 0.5) is 16.2 Å². The summed E-state index contributed by atoms with van der Waals surface area (Å²) in [5, 5.41) is 15.9. The van der Waals surface area contributed by atoms with Gasteiger partial charge in [0, 0.05) is 36.5 Å². The summed E-state index contributed by atoms with van der Waals surface area (Å²) < 4.78 is 0. The number of anilines is 2. The van der Waals surface area contributed by atoms with Crippen molar-refractivity contribution in [3.8, 4) is 6.19 Å². The highest BCUT2D eigenvalue weighted by atomic mass is 35.5. The van der Waals surface area contributed by atoms with E-state index in [-0.39, 0.29) is 18.0 Å². The number of halogens is 1. The van der Waals surface area contributed by atoms with Crippen LogP contribution in [0, 0.1) is 17.4 Å². The second-order valence-corrected chi connectivity index (χ2v) is 7.73. The van der Waals surface area contributed by atoms with Crippen LogP contribution in [-0.4, -0.2) is 52.5 Å². The lowest BCUT2D eigenvalue weighted by molar-refractivity contribution is 0.120. The van der Waals surface area contributed by atoms with Crippen molar-refractivity contribution in [3.63, 3.8) is 0 Å². The first-order chi connectivity index (χ1) is 14.5. The first-order valence-corrected chi connectivity index (χ1v) is 10.1. The Morgan fingerprint density at radius 1 is 1.23 bits per heavy atom. The molecule has 0 radical (unpaired) electrons. The molecule has 2 amide bonds. The van der Waals surface area contributed by atoms with E-state index in [1.807, 2.05) is 23.2 Å². The van der Waals surface area contributed by atoms with Crippen LogP contribution in [0.5, 0.6) is 0 Å². The van der Waals surface area contributed by atoms with Crippen LogP contribution in [0.2, 0.25) is 5.02 Å². The van der Waals surface area contributed by atoms with E-state index in [1.54, 1.807) is 41.6 Å². The average Bonchev–Trinajstić information content (AvgIpc) is 2.75. The van der Waals surface area contributed by atoms with Crippen LogP contribution in [0.25, 0.3) is 0 Å². The van der Waals surface area contributed by atoms with Crippen molar-refractivity contribution in [2.75, 3.05) is 30.3 Å². The number of urea groups is 1. The van der Waals surface area contributed by atoms with Crippen LogP contribution >= 0.6 is 11.6 Å². The molecule has 1 saturated heterocycles. The van der Waals surface area contributed by atoms with Gasteiger partial charge in [0.25, 0.3) is 0 Å². The highest BCUT2D eigenvalue weighted by Gasteiger charge is 2.33. The topological polar surface area (TPSA) is 96.7 Å². The molecule has 0 bridgehead atoms. The third-order valence-corrected chi connectivity index (χ3v) is 5.17. The van der Waals surface area contributed by atoms with Crippen molar-refractivity contribution in [2.24, 2.45) is 10.9 Å². The highest BCUT2D eigenvalue weighted by molar-refractivity contribution is 6.30. The van der Waals surface area contributed by atoms with E-state index in [9.17, 15) is 10.1 Å². The van der Waals surface area contributed by atoms with Gasteiger partial charge < -0.3 is 20.4 Å². The number of nitriles is 1. The van der Waals surface area contributed by atoms with Gasteiger partial charge in [-0.05, 0) is 42.3 Å². The van der Waals surface area contributed by atoms with Gasteiger partial charge in [0.1, 0.15) is 0 Å². The van der Waals surface area contributed by atoms with Crippen LogP contribution < -0.4 is 10.6 Å². The minimum absolute atomic E-state index is 0.00834. The zero-order valence-electron chi connectivity index (χ0n) is 16.9. The summed E-state index contributed by atoms with van der Waals surface area (Å²) in [5.74, 6) is 0.692. The van der Waals surface area contributed by atoms with E-state index in [2.05, 4.69) is 34.5 Å². The predicted molar refractivity (Wildman–Crippen MR) is 118 cm³/mol. The Balaban J connectivity index is 1.72. The molecule has 2 aromatic rings. The Morgan fingerprint density at radius 3 is 2.63 bits per heavy atom. The molecule has 1 aliphatic rings. The van der Waals surface area contributed by atoms with Crippen LogP contribution in [-0.2, 0) is 0 Å². The first-order valence-electron chi connectivity index (χ1n) is 9.70. The Labute approximate surface area is 181 Å². The molecule has 1 unspecified atom stereocenters. The molecule has 156 valence electrons. The number of piperazine rings is 1. The number of carbonyl (C=O) groups excluding carboxylic acids is 1. The van der Waals surface area contributed by atoms with Crippen molar-refractivity contribution >= 4 is 35.0 Å². The molecule has 1 fully saturated rings. The first kappa shape index (κ1) is 21.4. The fourth-order valence-corrected chi connectivity index (χ4v) is 3.47. The SMILES string of the molecule is CC(C)C1CN(C(=O)Nc2ccc(Cl)cc2)CCN1/C(=N/C#N)Nc1cccnc1. The number of carbonyl (C=O) groups is 1. The maximum absolute atomic E-state index is 12.8. The lowest BCUT2D eigenvalue weighted by Gasteiger charge is -2.44. The van der Waals surface area contributed by atoms with Crippen molar-refractivity contribution in [2.45, 2.75) is 19.9 Å². The van der Waals surface area contributed by atoms with Gasteiger partial charge in [0.15, 0.2) is 0 Å². The molecule has 9 heteroatoms. The molecule has 0 aliphatic carbocycles. The predicted octanol–water partition coefficient (Wildman–Crippen LogP) is 3.86. The summed E-state index contributed by atoms with van der Waals surface area (Å²) in [5.41, 5.74) is 1.44. The number of aliphatic imine (C=N–C) groups is 1. The molecule has 1 aromatic heterocycles. The van der Waals surface area contributed by atoms with Gasteiger partial charge in [0.2, 0.25) is 12.2 Å². The second-order valence-electron chi connectivity index (χ2n) is 7.29. The molecule has 1 aliphatic heterocycles. The van der Waals surface area contributed by atoms with Crippen molar-refractivity contribution in [1.29, 1.82) is 5.26 Å². The van der Waals surface area contributed by atoms with E-state index in [4.69, 9.17) is 11.6 Å². The summed E-state index contributed by atoms with van der Waals surface area (Å²) in [6.45, 7) is 5.74. The standard InChI is InChI=1S/C21H24ClN7O/c1-15(2)19-13-28(21(30)27-17-7-5-16(22)6-8-17)10-11-29(19)20(25-14-23)26-18-4-3-9-24-12-18/h3-9,12,15,19H,10-11,13H2,1-2H3,(H,25,26)(H,27,30). The molecular weight excluding hydrogens is 402 g/mol. The maximum Gasteiger partial charge on any atom is 0.321 e. The number of pyridine rings is 1. The molecule has 8 nitrogen and oxygen atoms in total. The molecule has 3 rings (SSSR count). The number of nitrogens with zero attached hydrogens (tertiary/aromatic N) is 5. The van der Waals surface area contributed by atoms with Crippen molar-refractivity contribution in [3.05, 3.63) is 53.8 Å². The Bertz CT molecular complexity index is 925. The normalized spacial score (nSPS) is 16.9. The van der Waals surface area contributed by atoms with Crippen LogP contribution in [0.15, 0.2) is 53.8 Å². The molecule has 2 heterocycles. The Morgan fingerprint density at radius 2 is 2.00 bits per heavy atom. The fraction of sp³-hybridized carbons (Fsp3) is 0.333. The van der Waals surface area contributed by atoms with Gasteiger partial charge in [0.05, 0.1) is 17.9 Å². The van der Waals surface area contributed by atoms with Gasteiger partial charge in [-0.2, -0.15) is 5.26 Å². The van der Waals surface area contributed by atoms with Gasteiger partial charge in [-0.25, -0.2) is 4.79 Å². The summed E-state index contributed by atoms with van der Waals surface area (Å²) in [6.07, 6.45) is 5.23. The van der Waals surface area contributed by atoms with Gasteiger partial charge in [-0.1, -0.05) is 25.4 Å². The van der Waals surface area contributed by atoms with Crippen LogP contribution in [0.1, 0.15) is 13.8 Å². The maximum atomic E-state index is 12.8. The highest BCUT2D eigenvalue weighted by Crippen LogP contribution is 2.21. The number of aromatic nitrogens is 1. The van der Waals surface area contributed by atoms with Crippen molar-refractivity contribution < 1.29 is 4.79 Å². The lowest BCUT2D eigenvalue weighted by Crippen LogP contribution is -2.60. The summed E-state index contributed by atoms with van der Waals surface area (Å²) in [7, 11) is 0. The number of hydrogen-bond donors (Lipinski definition) is 2. The largest absolute Gasteiger partial charge is 0.335 e. The van der Waals surface area contributed by atoms with E-state index < -0.39 is 0 Å². The molecule has 1 aromatic carbocycles. The quantitative estimate of drug-likeness (QED) is 0.442. The molecular formula is C21H24ClN7O. The van der Waals surface area contributed by atoms with E-state index >= 15 is 0 Å².